The van der Waals surface area contributed by atoms with Crippen molar-refractivity contribution >= 4 is 0 Å². The lowest BCUT2D eigenvalue weighted by molar-refractivity contribution is 0.145. The smallest absolute Gasteiger partial charge is 0.00471 e. The Morgan fingerprint density at radius 1 is 0.950 bits per heavy atom. The molecule has 0 aromatic heterocycles. The van der Waals surface area contributed by atoms with Crippen molar-refractivity contribution in [2.75, 3.05) is 33.2 Å². The Kier molecular flexibility index (Phi) is 9.54. The Hall–Kier alpha value is -0.0800. The summed E-state index contributed by atoms with van der Waals surface area (Å²) < 4.78 is 0. The van der Waals surface area contributed by atoms with Gasteiger partial charge in [0.1, 0.15) is 0 Å². The molecule has 0 atom stereocenters. The van der Waals surface area contributed by atoms with Crippen LogP contribution in [0.15, 0.2) is 0 Å². The quantitative estimate of drug-likeness (QED) is 0.470. The Bertz CT molecular complexity index is 219. The third-order valence-corrected chi connectivity index (χ3v) is 4.84. The zero-order valence-corrected chi connectivity index (χ0v) is 14.3. The summed E-state index contributed by atoms with van der Waals surface area (Å²) in [6.45, 7) is 9.56. The van der Waals surface area contributed by atoms with Crippen molar-refractivity contribution in [3.8, 4) is 0 Å². The van der Waals surface area contributed by atoms with Gasteiger partial charge in [0, 0.05) is 13.1 Å². The second-order valence-corrected chi connectivity index (χ2v) is 7.04. The Labute approximate surface area is 127 Å². The highest BCUT2D eigenvalue weighted by atomic mass is 15.1. The van der Waals surface area contributed by atoms with Gasteiger partial charge in [0.15, 0.2) is 0 Å². The zero-order valence-electron chi connectivity index (χ0n) is 14.3. The van der Waals surface area contributed by atoms with Crippen LogP contribution in [-0.2, 0) is 0 Å². The molecule has 0 aromatic rings. The van der Waals surface area contributed by atoms with Gasteiger partial charge in [-0.3, -0.25) is 0 Å². The van der Waals surface area contributed by atoms with Gasteiger partial charge in [-0.25, -0.2) is 0 Å². The normalized spacial score (nSPS) is 19.2. The molecule has 1 saturated carbocycles. The molecule has 0 bridgehead atoms. The Morgan fingerprint density at radius 2 is 1.65 bits per heavy atom. The maximum atomic E-state index is 3.72. The van der Waals surface area contributed by atoms with Gasteiger partial charge in [-0.1, -0.05) is 52.4 Å². The van der Waals surface area contributed by atoms with Crippen LogP contribution in [0.1, 0.15) is 78.1 Å². The molecule has 1 N–H and O–H groups in total. The SMILES string of the molecule is CCCCCN(C)CC1(CNCCC)CCCCCC1. The lowest BCUT2D eigenvalue weighted by Crippen LogP contribution is -2.43. The van der Waals surface area contributed by atoms with Gasteiger partial charge >= 0.3 is 0 Å². The van der Waals surface area contributed by atoms with Crippen LogP contribution in [0.2, 0.25) is 0 Å². The molecule has 0 amide bonds. The first-order valence-electron chi connectivity index (χ1n) is 9.12. The largest absolute Gasteiger partial charge is 0.316 e. The molecular weight excluding hydrogens is 244 g/mol. The van der Waals surface area contributed by atoms with E-state index in [0.717, 1.165) is 0 Å². The van der Waals surface area contributed by atoms with Gasteiger partial charge in [0.2, 0.25) is 0 Å². The molecule has 20 heavy (non-hydrogen) atoms. The molecule has 2 heteroatoms. The minimum Gasteiger partial charge on any atom is -0.316 e. The standard InChI is InChI=1S/C18H38N2/c1-4-6-11-15-20(3)17-18(16-19-14-5-2)12-9-7-8-10-13-18/h19H,4-17H2,1-3H3. The maximum Gasteiger partial charge on any atom is 0.00471 e. The van der Waals surface area contributed by atoms with E-state index in [1.807, 2.05) is 0 Å². The molecule has 0 unspecified atom stereocenters. The van der Waals surface area contributed by atoms with Crippen molar-refractivity contribution in [3.05, 3.63) is 0 Å². The van der Waals surface area contributed by atoms with Crippen LogP contribution >= 0.6 is 0 Å². The summed E-state index contributed by atoms with van der Waals surface area (Å²) in [7, 11) is 2.34. The van der Waals surface area contributed by atoms with Crippen LogP contribution in [-0.4, -0.2) is 38.1 Å². The molecule has 1 rings (SSSR count). The van der Waals surface area contributed by atoms with Crippen molar-refractivity contribution in [1.29, 1.82) is 0 Å². The molecule has 2 nitrogen and oxygen atoms in total. The number of nitrogens with zero attached hydrogens (tertiary/aromatic N) is 1. The number of hydrogen-bond acceptors (Lipinski definition) is 2. The van der Waals surface area contributed by atoms with E-state index in [9.17, 15) is 0 Å². The zero-order chi connectivity index (χ0) is 14.7. The molecule has 0 aliphatic heterocycles. The predicted molar refractivity (Wildman–Crippen MR) is 90.3 cm³/mol. The fourth-order valence-electron chi connectivity index (χ4n) is 3.68. The molecule has 1 aliphatic carbocycles. The molecule has 0 saturated heterocycles. The molecule has 1 aliphatic rings. The van der Waals surface area contributed by atoms with E-state index < -0.39 is 0 Å². The summed E-state index contributed by atoms with van der Waals surface area (Å²) in [4.78, 5) is 2.61. The number of rotatable bonds is 10. The van der Waals surface area contributed by atoms with E-state index in [4.69, 9.17) is 0 Å². The van der Waals surface area contributed by atoms with Gasteiger partial charge in [0.25, 0.3) is 0 Å². The van der Waals surface area contributed by atoms with Gasteiger partial charge in [0.05, 0.1) is 0 Å². The maximum absolute atomic E-state index is 3.72. The minimum absolute atomic E-state index is 0.548. The van der Waals surface area contributed by atoms with Crippen LogP contribution in [0.5, 0.6) is 0 Å². The van der Waals surface area contributed by atoms with Crippen molar-refractivity contribution in [2.45, 2.75) is 78.1 Å². The van der Waals surface area contributed by atoms with Crippen LogP contribution in [0, 0.1) is 5.41 Å². The van der Waals surface area contributed by atoms with E-state index in [1.54, 1.807) is 0 Å². The first-order valence-corrected chi connectivity index (χ1v) is 9.12. The lowest BCUT2D eigenvalue weighted by atomic mass is 9.79. The number of unbranched alkanes of at least 4 members (excludes halogenated alkanes) is 2. The van der Waals surface area contributed by atoms with Gasteiger partial charge in [-0.15, -0.1) is 0 Å². The number of nitrogens with one attached hydrogen (secondary N) is 1. The van der Waals surface area contributed by atoms with Crippen LogP contribution < -0.4 is 5.32 Å². The average Bonchev–Trinajstić information content (AvgIpc) is 2.65. The first-order chi connectivity index (χ1) is 9.72. The van der Waals surface area contributed by atoms with E-state index in [1.165, 1.54) is 90.4 Å². The van der Waals surface area contributed by atoms with Crippen molar-refractivity contribution in [2.24, 2.45) is 5.41 Å². The van der Waals surface area contributed by atoms with Crippen molar-refractivity contribution < 1.29 is 0 Å². The summed E-state index contributed by atoms with van der Waals surface area (Å²) in [5, 5.41) is 3.72. The first kappa shape index (κ1) is 18.0. The molecule has 120 valence electrons. The molecule has 1 fully saturated rings. The van der Waals surface area contributed by atoms with Crippen molar-refractivity contribution in [1.82, 2.24) is 10.2 Å². The predicted octanol–water partition coefficient (Wildman–Crippen LogP) is 4.45. The minimum atomic E-state index is 0.548. The van der Waals surface area contributed by atoms with E-state index >= 15 is 0 Å². The average molecular weight is 283 g/mol. The number of hydrogen-bond donors (Lipinski definition) is 1. The topological polar surface area (TPSA) is 15.3 Å². The summed E-state index contributed by atoms with van der Waals surface area (Å²) in [6.07, 6.45) is 14.0. The highest BCUT2D eigenvalue weighted by Gasteiger charge is 2.31. The van der Waals surface area contributed by atoms with Crippen molar-refractivity contribution in [3.63, 3.8) is 0 Å². The monoisotopic (exact) mass is 282 g/mol. The van der Waals surface area contributed by atoms with E-state index in [-0.39, 0.29) is 0 Å². The molecule has 0 spiro atoms. The van der Waals surface area contributed by atoms with Crippen LogP contribution in [0.4, 0.5) is 0 Å². The third kappa shape index (κ3) is 7.08. The third-order valence-electron chi connectivity index (χ3n) is 4.84. The van der Waals surface area contributed by atoms with Gasteiger partial charge in [-0.05, 0) is 51.2 Å². The van der Waals surface area contributed by atoms with Gasteiger partial charge in [-0.2, -0.15) is 0 Å². The van der Waals surface area contributed by atoms with E-state index in [0.29, 0.717) is 5.41 Å². The lowest BCUT2D eigenvalue weighted by Gasteiger charge is -2.37. The second-order valence-electron chi connectivity index (χ2n) is 7.04. The highest BCUT2D eigenvalue weighted by Crippen LogP contribution is 2.35. The van der Waals surface area contributed by atoms with Crippen LogP contribution in [0.3, 0.4) is 0 Å². The summed E-state index contributed by atoms with van der Waals surface area (Å²) in [6, 6.07) is 0. The molecule has 0 aromatic carbocycles. The fourth-order valence-corrected chi connectivity index (χ4v) is 3.68. The Morgan fingerprint density at radius 3 is 2.25 bits per heavy atom. The summed E-state index contributed by atoms with van der Waals surface area (Å²) >= 11 is 0. The highest BCUT2D eigenvalue weighted by molar-refractivity contribution is 4.86. The molecule has 0 radical (unpaired) electrons. The Balaban J connectivity index is 2.47. The fraction of sp³-hybridized carbons (Fsp3) is 1.00. The van der Waals surface area contributed by atoms with Crippen LogP contribution in [0.25, 0.3) is 0 Å². The summed E-state index contributed by atoms with van der Waals surface area (Å²) in [5.74, 6) is 0. The molecule has 0 heterocycles. The van der Waals surface area contributed by atoms with Gasteiger partial charge < -0.3 is 10.2 Å². The molecular formula is C18H38N2. The summed E-state index contributed by atoms with van der Waals surface area (Å²) in [5.41, 5.74) is 0.548. The second kappa shape index (κ2) is 10.6. The van der Waals surface area contributed by atoms with E-state index in [2.05, 4.69) is 31.1 Å².